The second-order valence-electron chi connectivity index (χ2n) is 7.67. The number of carbonyl (C=O) groups excluding carboxylic acids is 1. The van der Waals surface area contributed by atoms with Gasteiger partial charge in [0.1, 0.15) is 10.5 Å². The third-order valence-electron chi connectivity index (χ3n) is 4.24. The van der Waals surface area contributed by atoms with Gasteiger partial charge in [0.2, 0.25) is 0 Å². The highest BCUT2D eigenvalue weighted by Crippen LogP contribution is 2.36. The van der Waals surface area contributed by atoms with E-state index >= 15 is 0 Å². The predicted octanol–water partition coefficient (Wildman–Crippen LogP) is 4.30. The van der Waals surface area contributed by atoms with Gasteiger partial charge in [-0.2, -0.15) is 5.10 Å². The molecule has 3 aromatic heterocycles. The summed E-state index contributed by atoms with van der Waals surface area (Å²) in [6.45, 7) is 6.54. The van der Waals surface area contributed by atoms with Crippen molar-refractivity contribution in [3.63, 3.8) is 0 Å². The maximum Gasteiger partial charge on any atom is 0.407 e. The summed E-state index contributed by atoms with van der Waals surface area (Å²) in [5.74, 6) is 0.724. The Kier molecular flexibility index (Phi) is 4.83. The fraction of sp³-hybridized carbons (Fsp3) is 0.300. The molecule has 0 fully saturated rings. The molecule has 0 saturated carbocycles. The molecule has 3 heterocycles. The minimum Gasteiger partial charge on any atom is -0.453 e. The lowest BCUT2D eigenvalue weighted by Gasteiger charge is -2.21. The second kappa shape index (κ2) is 7.32. The number of methoxy groups -OCH3 is 1. The first-order chi connectivity index (χ1) is 13.8. The van der Waals surface area contributed by atoms with Crippen molar-refractivity contribution in [2.24, 2.45) is 0 Å². The van der Waals surface area contributed by atoms with E-state index in [-0.39, 0.29) is 5.54 Å². The number of nitrogens with one attached hydrogen (secondary N) is 3. The highest BCUT2D eigenvalue weighted by molar-refractivity contribution is 7.19. The quantitative estimate of drug-likeness (QED) is 0.463. The number of H-pyrrole nitrogens is 1. The smallest absolute Gasteiger partial charge is 0.407 e. The number of hydrogen-bond acceptors (Lipinski definition) is 7. The Morgan fingerprint density at radius 2 is 2.07 bits per heavy atom. The summed E-state index contributed by atoms with van der Waals surface area (Å²) in [5, 5.41) is 15.0. The molecule has 0 unspecified atom stereocenters. The highest BCUT2D eigenvalue weighted by Gasteiger charge is 2.19. The highest BCUT2D eigenvalue weighted by atomic mass is 32.1. The first-order valence-electron chi connectivity index (χ1n) is 9.17. The molecule has 0 radical (unpaired) electrons. The average Bonchev–Trinajstić information content (AvgIpc) is 3.34. The zero-order valence-corrected chi connectivity index (χ0v) is 17.5. The van der Waals surface area contributed by atoms with Crippen LogP contribution in [-0.2, 0) is 11.3 Å². The lowest BCUT2D eigenvalue weighted by Crippen LogP contribution is -2.26. The van der Waals surface area contributed by atoms with E-state index in [1.165, 1.54) is 7.11 Å². The van der Waals surface area contributed by atoms with Gasteiger partial charge in [0.05, 0.1) is 29.6 Å². The van der Waals surface area contributed by atoms with E-state index in [1.54, 1.807) is 17.5 Å². The van der Waals surface area contributed by atoms with Crippen molar-refractivity contribution in [2.45, 2.75) is 32.9 Å². The third kappa shape index (κ3) is 4.00. The van der Waals surface area contributed by atoms with Gasteiger partial charge in [0.15, 0.2) is 5.82 Å². The summed E-state index contributed by atoms with van der Waals surface area (Å²) >= 11 is 1.54. The summed E-state index contributed by atoms with van der Waals surface area (Å²) < 4.78 is 5.68. The largest absolute Gasteiger partial charge is 0.453 e. The number of carbonyl (C=O) groups is 1. The molecule has 0 aliphatic rings. The molecule has 29 heavy (non-hydrogen) atoms. The van der Waals surface area contributed by atoms with Crippen LogP contribution < -0.4 is 10.6 Å². The molecule has 150 valence electrons. The fourth-order valence-corrected chi connectivity index (χ4v) is 4.06. The number of aromatic amines is 1. The summed E-state index contributed by atoms with van der Waals surface area (Å²) in [4.78, 5) is 21.0. The number of aromatic nitrogens is 4. The fourth-order valence-electron chi connectivity index (χ4n) is 3.02. The minimum absolute atomic E-state index is 0.178. The Hall–Kier alpha value is -3.20. The molecular formula is C20H22N6O2S. The molecule has 0 aliphatic heterocycles. The Balaban J connectivity index is 1.85. The summed E-state index contributed by atoms with van der Waals surface area (Å²) in [6, 6.07) is 8.07. The topological polar surface area (TPSA) is 105 Å². The molecule has 0 atom stereocenters. The predicted molar refractivity (Wildman–Crippen MR) is 115 cm³/mol. The molecule has 1 aromatic carbocycles. The zero-order valence-electron chi connectivity index (χ0n) is 16.7. The summed E-state index contributed by atoms with van der Waals surface area (Å²) in [6.07, 6.45) is 1.25. The molecular weight excluding hydrogens is 388 g/mol. The van der Waals surface area contributed by atoms with Crippen LogP contribution in [0.1, 0.15) is 25.8 Å². The van der Waals surface area contributed by atoms with Crippen LogP contribution in [0.4, 0.5) is 10.6 Å². The Morgan fingerprint density at radius 1 is 1.24 bits per heavy atom. The van der Waals surface area contributed by atoms with E-state index in [4.69, 9.17) is 9.97 Å². The lowest BCUT2D eigenvalue weighted by atomic mass is 10.1. The van der Waals surface area contributed by atoms with Crippen molar-refractivity contribution < 1.29 is 9.53 Å². The standard InChI is InChI=1S/C20H22N6O2S/c1-20(2,3)25-18-16-17(29-15(24-16)10-21-19(27)28-4)12-6-5-11(9-14(12)23-18)13-7-8-22-26-13/h5-9H,10H2,1-4H3,(H,21,27)(H,22,26)(H,23,25). The molecule has 3 N–H and O–H groups in total. The maximum absolute atomic E-state index is 11.4. The van der Waals surface area contributed by atoms with E-state index in [0.29, 0.717) is 6.54 Å². The number of ether oxygens (including phenoxy) is 1. The van der Waals surface area contributed by atoms with E-state index < -0.39 is 6.09 Å². The Bertz CT molecular complexity index is 1180. The van der Waals surface area contributed by atoms with Crippen LogP contribution in [0.2, 0.25) is 0 Å². The zero-order chi connectivity index (χ0) is 20.6. The summed E-state index contributed by atoms with van der Waals surface area (Å²) in [5.41, 5.74) is 3.44. The molecule has 0 spiro atoms. The molecule has 1 amide bonds. The van der Waals surface area contributed by atoms with Crippen molar-refractivity contribution in [1.29, 1.82) is 0 Å². The van der Waals surface area contributed by atoms with Crippen molar-refractivity contribution >= 4 is 44.4 Å². The Labute approximate surface area is 171 Å². The lowest BCUT2D eigenvalue weighted by molar-refractivity contribution is 0.170. The second-order valence-corrected chi connectivity index (χ2v) is 8.75. The first kappa shape index (κ1) is 19.1. The van der Waals surface area contributed by atoms with Crippen LogP contribution in [0.5, 0.6) is 0 Å². The van der Waals surface area contributed by atoms with Crippen molar-refractivity contribution in [1.82, 2.24) is 25.5 Å². The number of hydrogen-bond donors (Lipinski definition) is 3. The molecule has 0 bridgehead atoms. The maximum atomic E-state index is 11.4. The minimum atomic E-state index is -0.482. The number of fused-ring (bicyclic) bond motifs is 3. The number of rotatable bonds is 4. The van der Waals surface area contributed by atoms with E-state index in [1.807, 2.05) is 18.2 Å². The van der Waals surface area contributed by atoms with Crippen LogP contribution in [0.3, 0.4) is 0 Å². The van der Waals surface area contributed by atoms with Crippen molar-refractivity contribution in [2.75, 3.05) is 12.4 Å². The molecule has 0 saturated heterocycles. The number of benzene rings is 1. The van der Waals surface area contributed by atoms with Crippen LogP contribution in [0.15, 0.2) is 30.5 Å². The number of nitrogens with zero attached hydrogens (tertiary/aromatic N) is 3. The van der Waals surface area contributed by atoms with Crippen LogP contribution in [-0.4, -0.2) is 38.9 Å². The molecule has 9 heteroatoms. The SMILES string of the molecule is COC(=O)NCc1nc2c(NC(C)(C)C)nc3cc(-c4ccn[nH]4)ccc3c2s1. The average molecular weight is 411 g/mol. The number of thiazole rings is 1. The van der Waals surface area contributed by atoms with Gasteiger partial charge in [0, 0.05) is 22.7 Å². The van der Waals surface area contributed by atoms with Gasteiger partial charge in [0.25, 0.3) is 0 Å². The van der Waals surface area contributed by atoms with Gasteiger partial charge in [-0.15, -0.1) is 11.3 Å². The number of anilines is 1. The molecule has 8 nitrogen and oxygen atoms in total. The normalized spacial score (nSPS) is 11.7. The molecule has 0 aliphatic carbocycles. The van der Waals surface area contributed by atoms with Crippen LogP contribution in [0, 0.1) is 0 Å². The Morgan fingerprint density at radius 3 is 2.76 bits per heavy atom. The van der Waals surface area contributed by atoms with E-state index in [0.717, 1.165) is 43.2 Å². The number of alkyl carbamates (subject to hydrolysis) is 1. The van der Waals surface area contributed by atoms with Crippen molar-refractivity contribution in [3.05, 3.63) is 35.5 Å². The van der Waals surface area contributed by atoms with Crippen LogP contribution in [0.25, 0.3) is 32.4 Å². The molecule has 4 aromatic rings. The third-order valence-corrected chi connectivity index (χ3v) is 5.33. The van der Waals surface area contributed by atoms with Gasteiger partial charge in [-0.25, -0.2) is 14.8 Å². The van der Waals surface area contributed by atoms with Gasteiger partial charge >= 0.3 is 6.09 Å². The van der Waals surface area contributed by atoms with E-state index in [9.17, 15) is 4.79 Å². The van der Waals surface area contributed by atoms with Gasteiger partial charge in [-0.1, -0.05) is 12.1 Å². The number of pyridine rings is 1. The molecule has 4 rings (SSSR count). The summed E-state index contributed by atoms with van der Waals surface area (Å²) in [7, 11) is 1.34. The first-order valence-corrected chi connectivity index (χ1v) is 9.98. The number of amides is 1. The van der Waals surface area contributed by atoms with Gasteiger partial charge < -0.3 is 15.4 Å². The van der Waals surface area contributed by atoms with Crippen LogP contribution >= 0.6 is 11.3 Å². The van der Waals surface area contributed by atoms with E-state index in [2.05, 4.69) is 52.4 Å². The monoisotopic (exact) mass is 410 g/mol. The van der Waals surface area contributed by atoms with Gasteiger partial charge in [-0.3, -0.25) is 5.10 Å². The van der Waals surface area contributed by atoms with Gasteiger partial charge in [-0.05, 0) is 32.9 Å². The van der Waals surface area contributed by atoms with Crippen molar-refractivity contribution in [3.8, 4) is 11.3 Å².